The van der Waals surface area contributed by atoms with Crippen molar-refractivity contribution in [3.63, 3.8) is 0 Å². The van der Waals surface area contributed by atoms with Gasteiger partial charge in [0.15, 0.2) is 0 Å². The number of halogens is 1. The van der Waals surface area contributed by atoms with E-state index in [1.807, 2.05) is 6.07 Å². The molecule has 1 aromatic rings. The molecule has 0 aromatic heterocycles. The second kappa shape index (κ2) is 5.61. The SMILES string of the molecule is CCC1(C(=O)Cc2cccc(F)c2)CCCNC1. The maximum Gasteiger partial charge on any atom is 0.144 e. The summed E-state index contributed by atoms with van der Waals surface area (Å²) in [4.78, 5) is 12.5. The van der Waals surface area contributed by atoms with E-state index >= 15 is 0 Å². The topological polar surface area (TPSA) is 29.1 Å². The number of benzene rings is 1. The Morgan fingerprint density at radius 3 is 2.94 bits per heavy atom. The highest BCUT2D eigenvalue weighted by atomic mass is 19.1. The third kappa shape index (κ3) is 2.78. The van der Waals surface area contributed by atoms with E-state index in [0.717, 1.165) is 37.9 Å². The van der Waals surface area contributed by atoms with Gasteiger partial charge in [0, 0.05) is 18.4 Å². The molecule has 1 aliphatic rings. The largest absolute Gasteiger partial charge is 0.316 e. The van der Waals surface area contributed by atoms with Gasteiger partial charge in [-0.3, -0.25) is 4.79 Å². The van der Waals surface area contributed by atoms with Crippen LogP contribution in [-0.4, -0.2) is 18.9 Å². The lowest BCUT2D eigenvalue weighted by Gasteiger charge is -2.35. The lowest BCUT2D eigenvalue weighted by atomic mass is 9.73. The summed E-state index contributed by atoms with van der Waals surface area (Å²) < 4.78 is 13.1. The van der Waals surface area contributed by atoms with Crippen LogP contribution in [0, 0.1) is 11.2 Å². The van der Waals surface area contributed by atoms with E-state index in [-0.39, 0.29) is 17.0 Å². The summed E-state index contributed by atoms with van der Waals surface area (Å²) in [5, 5.41) is 3.31. The average Bonchev–Trinajstić information content (AvgIpc) is 2.39. The number of hydrogen-bond donors (Lipinski definition) is 1. The minimum absolute atomic E-state index is 0.239. The van der Waals surface area contributed by atoms with Crippen molar-refractivity contribution in [2.75, 3.05) is 13.1 Å². The quantitative estimate of drug-likeness (QED) is 0.889. The fourth-order valence-corrected chi connectivity index (χ4v) is 2.72. The number of carbonyl (C=O) groups is 1. The van der Waals surface area contributed by atoms with Crippen molar-refractivity contribution in [2.24, 2.45) is 5.41 Å². The zero-order valence-corrected chi connectivity index (χ0v) is 10.8. The standard InChI is InChI=1S/C15H20FNO/c1-2-15(7-4-8-17-11-15)14(18)10-12-5-3-6-13(16)9-12/h3,5-6,9,17H,2,4,7-8,10-11H2,1H3. The first kappa shape index (κ1) is 13.2. The third-order valence-corrected chi connectivity index (χ3v) is 3.99. The Balaban J connectivity index is 2.10. The summed E-state index contributed by atoms with van der Waals surface area (Å²) >= 11 is 0. The first-order valence-electron chi connectivity index (χ1n) is 6.65. The van der Waals surface area contributed by atoms with Crippen LogP contribution in [0.3, 0.4) is 0 Å². The molecule has 0 radical (unpaired) electrons. The van der Waals surface area contributed by atoms with Crippen molar-refractivity contribution < 1.29 is 9.18 Å². The van der Waals surface area contributed by atoms with Crippen LogP contribution in [0.15, 0.2) is 24.3 Å². The van der Waals surface area contributed by atoms with E-state index in [1.165, 1.54) is 12.1 Å². The highest BCUT2D eigenvalue weighted by molar-refractivity contribution is 5.87. The molecule has 1 heterocycles. The van der Waals surface area contributed by atoms with Crippen molar-refractivity contribution in [1.82, 2.24) is 5.32 Å². The predicted molar refractivity (Wildman–Crippen MR) is 69.9 cm³/mol. The minimum atomic E-state index is -0.271. The van der Waals surface area contributed by atoms with Gasteiger partial charge in [-0.1, -0.05) is 19.1 Å². The lowest BCUT2D eigenvalue weighted by Crippen LogP contribution is -2.45. The van der Waals surface area contributed by atoms with Crippen molar-refractivity contribution >= 4 is 5.78 Å². The van der Waals surface area contributed by atoms with Crippen LogP contribution in [0.5, 0.6) is 0 Å². The fourth-order valence-electron chi connectivity index (χ4n) is 2.72. The smallest absolute Gasteiger partial charge is 0.144 e. The monoisotopic (exact) mass is 249 g/mol. The first-order chi connectivity index (χ1) is 8.66. The molecule has 1 atom stereocenters. The van der Waals surface area contributed by atoms with Gasteiger partial charge in [-0.15, -0.1) is 0 Å². The van der Waals surface area contributed by atoms with Crippen LogP contribution >= 0.6 is 0 Å². The Bertz CT molecular complexity index is 424. The Labute approximate surface area is 108 Å². The maximum atomic E-state index is 13.1. The van der Waals surface area contributed by atoms with Crippen molar-refractivity contribution in [3.8, 4) is 0 Å². The van der Waals surface area contributed by atoms with E-state index in [9.17, 15) is 9.18 Å². The van der Waals surface area contributed by atoms with Crippen LogP contribution in [0.2, 0.25) is 0 Å². The number of piperidine rings is 1. The van der Waals surface area contributed by atoms with Gasteiger partial charge in [0.25, 0.3) is 0 Å². The van der Waals surface area contributed by atoms with E-state index in [1.54, 1.807) is 6.07 Å². The van der Waals surface area contributed by atoms with Gasteiger partial charge in [0.2, 0.25) is 0 Å². The summed E-state index contributed by atoms with van der Waals surface area (Å²) in [6.45, 7) is 3.82. The summed E-state index contributed by atoms with van der Waals surface area (Å²) in [6, 6.07) is 6.35. The highest BCUT2D eigenvalue weighted by Gasteiger charge is 2.37. The zero-order valence-electron chi connectivity index (χ0n) is 10.8. The molecule has 1 aromatic carbocycles. The molecule has 18 heavy (non-hydrogen) atoms. The van der Waals surface area contributed by atoms with Gasteiger partial charge in [-0.25, -0.2) is 4.39 Å². The Morgan fingerprint density at radius 2 is 2.33 bits per heavy atom. The highest BCUT2D eigenvalue weighted by Crippen LogP contribution is 2.32. The molecule has 1 aliphatic heterocycles. The number of carbonyl (C=O) groups excluding carboxylic acids is 1. The Morgan fingerprint density at radius 1 is 1.50 bits per heavy atom. The fraction of sp³-hybridized carbons (Fsp3) is 0.533. The zero-order chi connectivity index (χ0) is 13.0. The molecule has 1 saturated heterocycles. The molecule has 0 bridgehead atoms. The predicted octanol–water partition coefficient (Wildman–Crippen LogP) is 2.72. The van der Waals surface area contributed by atoms with E-state index < -0.39 is 0 Å². The van der Waals surface area contributed by atoms with Crippen LogP contribution in [0.4, 0.5) is 4.39 Å². The molecule has 1 fully saturated rings. The van der Waals surface area contributed by atoms with Gasteiger partial charge in [0.05, 0.1) is 0 Å². The van der Waals surface area contributed by atoms with E-state index in [4.69, 9.17) is 0 Å². The number of nitrogens with one attached hydrogen (secondary N) is 1. The van der Waals surface area contributed by atoms with Crippen LogP contribution in [0.25, 0.3) is 0 Å². The lowest BCUT2D eigenvalue weighted by molar-refractivity contribution is -0.129. The van der Waals surface area contributed by atoms with E-state index in [2.05, 4.69) is 12.2 Å². The first-order valence-corrected chi connectivity index (χ1v) is 6.65. The number of rotatable bonds is 4. The van der Waals surface area contributed by atoms with Gasteiger partial charge < -0.3 is 5.32 Å². The molecule has 1 unspecified atom stereocenters. The Kier molecular flexibility index (Phi) is 4.12. The molecule has 0 saturated carbocycles. The van der Waals surface area contributed by atoms with Crippen LogP contribution < -0.4 is 5.32 Å². The third-order valence-electron chi connectivity index (χ3n) is 3.99. The molecule has 0 aliphatic carbocycles. The number of Topliss-reactive ketones (excluding diaryl/α,β-unsaturated/α-hetero) is 1. The van der Waals surface area contributed by atoms with Crippen LogP contribution in [-0.2, 0) is 11.2 Å². The summed E-state index contributed by atoms with van der Waals surface area (Å²) in [5.74, 6) is -0.0320. The maximum absolute atomic E-state index is 13.1. The molecular formula is C15H20FNO. The van der Waals surface area contributed by atoms with Gasteiger partial charge in [0.1, 0.15) is 11.6 Å². The molecule has 2 nitrogen and oxygen atoms in total. The summed E-state index contributed by atoms with van der Waals surface area (Å²) in [6.07, 6.45) is 3.19. The molecular weight excluding hydrogens is 229 g/mol. The summed E-state index contributed by atoms with van der Waals surface area (Å²) in [5.41, 5.74) is 0.531. The number of hydrogen-bond acceptors (Lipinski definition) is 2. The average molecular weight is 249 g/mol. The van der Waals surface area contributed by atoms with Crippen molar-refractivity contribution in [3.05, 3.63) is 35.6 Å². The van der Waals surface area contributed by atoms with Gasteiger partial charge in [-0.05, 0) is 43.5 Å². The van der Waals surface area contributed by atoms with Gasteiger partial charge in [-0.2, -0.15) is 0 Å². The molecule has 0 spiro atoms. The van der Waals surface area contributed by atoms with Crippen molar-refractivity contribution in [2.45, 2.75) is 32.6 Å². The molecule has 2 rings (SSSR count). The second-order valence-electron chi connectivity index (χ2n) is 5.14. The number of ketones is 1. The van der Waals surface area contributed by atoms with Crippen molar-refractivity contribution in [1.29, 1.82) is 0 Å². The molecule has 98 valence electrons. The normalized spacial score (nSPS) is 23.9. The summed E-state index contributed by atoms with van der Waals surface area (Å²) in [7, 11) is 0. The second-order valence-corrected chi connectivity index (χ2v) is 5.14. The van der Waals surface area contributed by atoms with Crippen LogP contribution in [0.1, 0.15) is 31.7 Å². The van der Waals surface area contributed by atoms with E-state index in [0.29, 0.717) is 6.42 Å². The molecule has 1 N–H and O–H groups in total. The van der Waals surface area contributed by atoms with Gasteiger partial charge >= 0.3 is 0 Å². The molecule has 3 heteroatoms. The molecule has 0 amide bonds. The Hall–Kier alpha value is -1.22. The minimum Gasteiger partial charge on any atom is -0.316 e.